The first-order chi connectivity index (χ1) is 21.4. The summed E-state index contributed by atoms with van der Waals surface area (Å²) in [5.41, 5.74) is 1.78. The summed E-state index contributed by atoms with van der Waals surface area (Å²) >= 11 is 1.42. The number of amidine groups is 1. The predicted octanol–water partition coefficient (Wildman–Crippen LogP) is 4.40. The minimum absolute atomic E-state index is 0.121. The van der Waals surface area contributed by atoms with Gasteiger partial charge >= 0.3 is 0 Å². The Morgan fingerprint density at radius 2 is 1.73 bits per heavy atom. The molecule has 6 rings (SSSR count). The summed E-state index contributed by atoms with van der Waals surface area (Å²) in [4.78, 5) is 25.3. The number of carbonyl (C=O) groups excluding carboxylic acids is 1. The van der Waals surface area contributed by atoms with Crippen molar-refractivity contribution in [2.45, 2.75) is 54.3 Å². The topological polar surface area (TPSA) is 113 Å². The molecule has 3 unspecified atom stereocenters. The van der Waals surface area contributed by atoms with E-state index in [0.717, 1.165) is 36.3 Å². The Balaban J connectivity index is 1.14. The fourth-order valence-corrected chi connectivity index (χ4v) is 8.87. The summed E-state index contributed by atoms with van der Waals surface area (Å²) in [6.45, 7) is 1.89. The second kappa shape index (κ2) is 13.3. The predicted molar refractivity (Wildman–Crippen MR) is 174 cm³/mol. The largest absolute Gasteiger partial charge is 0.495 e. The minimum Gasteiger partial charge on any atom is -0.495 e. The van der Waals surface area contributed by atoms with Crippen molar-refractivity contribution in [1.29, 1.82) is 0 Å². The van der Waals surface area contributed by atoms with Gasteiger partial charge in [-0.25, -0.2) is 13.4 Å². The van der Waals surface area contributed by atoms with Crippen molar-refractivity contribution in [3.63, 3.8) is 0 Å². The van der Waals surface area contributed by atoms with Crippen LogP contribution in [0.4, 0.5) is 5.69 Å². The van der Waals surface area contributed by atoms with Gasteiger partial charge in [-0.15, -0.1) is 0 Å². The molecule has 44 heavy (non-hydrogen) atoms. The molecule has 1 amide bonds. The first-order valence-electron chi connectivity index (χ1n) is 15.2. The fraction of sp³-hybridized carbons (Fsp3) is 0.469. The summed E-state index contributed by atoms with van der Waals surface area (Å²) < 4.78 is 39.5. The molecule has 0 bridgehead atoms. The minimum atomic E-state index is -3.68. The summed E-state index contributed by atoms with van der Waals surface area (Å²) in [6.07, 6.45) is 9.04. The number of amides is 1. The Morgan fingerprint density at radius 3 is 2.43 bits per heavy atom. The monoisotopic (exact) mass is 637 g/mol. The van der Waals surface area contributed by atoms with Gasteiger partial charge in [-0.3, -0.25) is 9.79 Å². The van der Waals surface area contributed by atoms with E-state index in [1.165, 1.54) is 28.9 Å². The van der Waals surface area contributed by atoms with E-state index >= 15 is 0 Å². The number of para-hydroxylation sites is 2. The van der Waals surface area contributed by atoms with Crippen LogP contribution < -0.4 is 15.0 Å². The lowest BCUT2D eigenvalue weighted by Crippen LogP contribution is -2.48. The standard InChI is InChI=1S/C32H39N5O5S2/c1-41-28-10-6-5-9-27(28)36-17-19-37(20-18-36)44(39,40)24-13-11-23(12-14-24)25(21-22-7-3-4-8-22)30(38)35-32-33-26-15-16-29(42-2)34-31(26)43-32/h5-6,9-16,22,25-26,31H,3-4,7-8,17-21H2,1-2H3,(H,33,35,38). The lowest BCUT2D eigenvalue weighted by atomic mass is 9.87. The number of ether oxygens (including phenoxy) is 2. The van der Waals surface area contributed by atoms with Crippen molar-refractivity contribution in [2.24, 2.45) is 15.9 Å². The molecule has 4 aliphatic rings. The number of thioether (sulfide) groups is 1. The molecular weight excluding hydrogens is 599 g/mol. The maximum Gasteiger partial charge on any atom is 0.243 e. The number of carbonyl (C=O) groups is 1. The summed E-state index contributed by atoms with van der Waals surface area (Å²) in [7, 11) is -0.457. The molecule has 2 aromatic carbocycles. The first-order valence-corrected chi connectivity index (χ1v) is 17.5. The molecule has 12 heteroatoms. The van der Waals surface area contributed by atoms with Crippen molar-refractivity contribution < 1.29 is 22.7 Å². The van der Waals surface area contributed by atoms with Gasteiger partial charge in [-0.05, 0) is 48.2 Å². The van der Waals surface area contributed by atoms with Crippen LogP contribution in [0.25, 0.3) is 0 Å². The van der Waals surface area contributed by atoms with Crippen LogP contribution in [0, 0.1) is 5.92 Å². The van der Waals surface area contributed by atoms with Gasteiger partial charge in [0.15, 0.2) is 5.17 Å². The molecule has 2 fully saturated rings. The van der Waals surface area contributed by atoms with E-state index in [4.69, 9.17) is 9.47 Å². The average Bonchev–Trinajstić information content (AvgIpc) is 3.72. The smallest absolute Gasteiger partial charge is 0.243 e. The highest BCUT2D eigenvalue weighted by Crippen LogP contribution is 2.36. The number of fused-ring (bicyclic) bond motifs is 1. The number of sulfonamides is 1. The van der Waals surface area contributed by atoms with Gasteiger partial charge in [0.25, 0.3) is 0 Å². The Labute approximate surface area is 263 Å². The van der Waals surface area contributed by atoms with Gasteiger partial charge in [0.05, 0.1) is 30.7 Å². The van der Waals surface area contributed by atoms with E-state index in [0.29, 0.717) is 43.2 Å². The zero-order valence-corrected chi connectivity index (χ0v) is 26.7. The van der Waals surface area contributed by atoms with Crippen molar-refractivity contribution in [3.8, 4) is 5.75 Å². The Morgan fingerprint density at radius 1 is 1.00 bits per heavy atom. The Hall–Kier alpha value is -3.35. The van der Waals surface area contributed by atoms with E-state index < -0.39 is 15.9 Å². The highest BCUT2D eigenvalue weighted by atomic mass is 32.2. The third-order valence-corrected chi connectivity index (χ3v) is 11.8. The zero-order chi connectivity index (χ0) is 30.7. The number of nitrogens with zero attached hydrogens (tertiary/aromatic N) is 4. The van der Waals surface area contributed by atoms with Crippen molar-refractivity contribution in [3.05, 3.63) is 66.2 Å². The van der Waals surface area contributed by atoms with Crippen molar-refractivity contribution in [2.75, 3.05) is 45.3 Å². The fourth-order valence-electron chi connectivity index (χ4n) is 6.43. The molecule has 3 atom stereocenters. The van der Waals surface area contributed by atoms with Gasteiger partial charge in [0, 0.05) is 26.2 Å². The van der Waals surface area contributed by atoms with Crippen LogP contribution in [-0.2, 0) is 19.6 Å². The van der Waals surface area contributed by atoms with Crippen molar-refractivity contribution in [1.82, 2.24) is 9.62 Å². The van der Waals surface area contributed by atoms with Crippen LogP contribution >= 0.6 is 11.8 Å². The molecule has 2 aromatic rings. The van der Waals surface area contributed by atoms with E-state index in [1.807, 2.05) is 30.3 Å². The molecule has 3 aliphatic heterocycles. The van der Waals surface area contributed by atoms with Crippen LogP contribution in [0.5, 0.6) is 5.75 Å². The number of benzene rings is 2. The van der Waals surface area contributed by atoms with Gasteiger partial charge in [-0.1, -0.05) is 67.8 Å². The lowest BCUT2D eigenvalue weighted by Gasteiger charge is -2.36. The summed E-state index contributed by atoms with van der Waals surface area (Å²) in [6, 6.07) is 14.6. The van der Waals surface area contributed by atoms with E-state index in [9.17, 15) is 13.2 Å². The van der Waals surface area contributed by atoms with Crippen LogP contribution in [0.15, 0.2) is 75.6 Å². The quantitative estimate of drug-likeness (QED) is 0.457. The Bertz CT molecular complexity index is 1540. The van der Waals surface area contributed by atoms with E-state index in [1.54, 1.807) is 44.6 Å². The summed E-state index contributed by atoms with van der Waals surface area (Å²) in [5.74, 6) is 1.27. The molecular formula is C32H39N5O5S2. The van der Waals surface area contributed by atoms with Crippen molar-refractivity contribution >= 4 is 44.4 Å². The number of rotatable bonds is 8. The second-order valence-electron chi connectivity index (χ2n) is 11.5. The molecule has 1 aliphatic carbocycles. The maximum atomic E-state index is 13.7. The molecule has 0 aromatic heterocycles. The molecule has 3 heterocycles. The number of hydrogen-bond acceptors (Lipinski definition) is 9. The first kappa shape index (κ1) is 30.7. The summed E-state index contributed by atoms with van der Waals surface area (Å²) in [5, 5.41) is 3.45. The highest BCUT2D eigenvalue weighted by Gasteiger charge is 2.35. The van der Waals surface area contributed by atoms with Gasteiger partial charge in [0.2, 0.25) is 21.8 Å². The zero-order valence-electron chi connectivity index (χ0n) is 25.1. The number of dihydropyridines is 1. The molecule has 1 N–H and O–H groups in total. The van der Waals surface area contributed by atoms with Crippen LogP contribution in [0.1, 0.15) is 43.6 Å². The molecule has 1 saturated heterocycles. The molecule has 10 nitrogen and oxygen atoms in total. The average molecular weight is 638 g/mol. The van der Waals surface area contributed by atoms with Crippen LogP contribution in [0.3, 0.4) is 0 Å². The number of aliphatic imine (C=N–C) groups is 2. The Kier molecular flexibility index (Phi) is 9.29. The molecule has 234 valence electrons. The number of piperazine rings is 1. The number of hydrogen-bond donors (Lipinski definition) is 1. The lowest BCUT2D eigenvalue weighted by molar-refractivity contribution is -0.121. The van der Waals surface area contributed by atoms with Gasteiger partial charge in [-0.2, -0.15) is 4.31 Å². The highest BCUT2D eigenvalue weighted by molar-refractivity contribution is 8.14. The van der Waals surface area contributed by atoms with E-state index in [2.05, 4.69) is 20.2 Å². The molecule has 0 radical (unpaired) electrons. The van der Waals surface area contributed by atoms with Gasteiger partial charge < -0.3 is 19.7 Å². The normalized spacial score (nSPS) is 23.1. The number of nitrogens with one attached hydrogen (secondary N) is 1. The molecule has 1 saturated carbocycles. The van der Waals surface area contributed by atoms with Gasteiger partial charge in [0.1, 0.15) is 17.2 Å². The van der Waals surface area contributed by atoms with Crippen LogP contribution in [-0.4, -0.2) is 81.5 Å². The van der Waals surface area contributed by atoms with E-state index in [-0.39, 0.29) is 22.2 Å². The third-order valence-electron chi connectivity index (χ3n) is 8.87. The maximum absolute atomic E-state index is 13.7. The molecule has 0 spiro atoms. The number of methoxy groups -OCH3 is 2. The third kappa shape index (κ3) is 6.52. The van der Waals surface area contributed by atoms with Crippen LogP contribution in [0.2, 0.25) is 0 Å². The SMILES string of the molecule is COC1=NC2SC(NC(=O)C(CC3CCCC3)c3ccc(S(=O)(=O)N4CCN(c5ccccc5OC)CC4)cc3)=NC2C=C1. The number of anilines is 1. The second-order valence-corrected chi connectivity index (χ2v) is 14.6.